The minimum atomic E-state index is -3.33. The number of hydrogen-bond acceptors (Lipinski definition) is 4. The van der Waals surface area contributed by atoms with E-state index in [9.17, 15) is 17.6 Å². The summed E-state index contributed by atoms with van der Waals surface area (Å²) >= 11 is 5.71. The fourth-order valence-corrected chi connectivity index (χ4v) is 3.43. The van der Waals surface area contributed by atoms with Gasteiger partial charge in [0, 0.05) is 11.9 Å². The van der Waals surface area contributed by atoms with Crippen LogP contribution in [0.4, 0.5) is 10.1 Å². The molecule has 0 bridgehead atoms. The van der Waals surface area contributed by atoms with Crippen molar-refractivity contribution in [3.05, 3.63) is 59.1 Å². The summed E-state index contributed by atoms with van der Waals surface area (Å²) < 4.78 is 38.1. The summed E-state index contributed by atoms with van der Waals surface area (Å²) in [5, 5.41) is 2.51. The van der Waals surface area contributed by atoms with Gasteiger partial charge >= 0.3 is 0 Å². The van der Waals surface area contributed by atoms with E-state index >= 15 is 0 Å². The van der Waals surface area contributed by atoms with Crippen LogP contribution in [-0.2, 0) is 26.9 Å². The molecular weight excluding hydrogens is 381 g/mol. The van der Waals surface area contributed by atoms with Gasteiger partial charge in [-0.05, 0) is 30.3 Å². The monoisotopic (exact) mass is 395 g/mol. The summed E-state index contributed by atoms with van der Waals surface area (Å²) in [5.74, 6) is -0.996. The van der Waals surface area contributed by atoms with E-state index < -0.39 is 21.6 Å². The number of hydrogen-bond donors (Lipinski definition) is 1. The number of para-hydroxylation sites is 2. The number of amides is 1. The van der Waals surface area contributed by atoms with Crippen molar-refractivity contribution in [2.75, 3.05) is 11.6 Å². The van der Waals surface area contributed by atoms with Gasteiger partial charge in [0.1, 0.15) is 23.9 Å². The zero-order valence-corrected chi connectivity index (χ0v) is 15.3. The number of halogens is 2. The third-order valence-corrected chi connectivity index (χ3v) is 4.70. The number of aromatic nitrogens is 2. The van der Waals surface area contributed by atoms with Crippen LogP contribution < -0.4 is 5.32 Å². The molecule has 0 fully saturated rings. The van der Waals surface area contributed by atoms with E-state index in [1.165, 1.54) is 12.1 Å². The third kappa shape index (κ3) is 4.20. The number of rotatable bonds is 5. The van der Waals surface area contributed by atoms with Crippen molar-refractivity contribution in [3.63, 3.8) is 0 Å². The Labute approximate surface area is 154 Å². The average molecular weight is 396 g/mol. The van der Waals surface area contributed by atoms with Crippen LogP contribution in [0.1, 0.15) is 5.82 Å². The van der Waals surface area contributed by atoms with Gasteiger partial charge in [-0.1, -0.05) is 23.7 Å². The minimum absolute atomic E-state index is 0.103. The van der Waals surface area contributed by atoms with Gasteiger partial charge in [-0.2, -0.15) is 0 Å². The van der Waals surface area contributed by atoms with Gasteiger partial charge in [0.25, 0.3) is 0 Å². The number of nitrogens with one attached hydrogen (secondary N) is 1. The summed E-state index contributed by atoms with van der Waals surface area (Å²) in [7, 11) is -3.33. The molecule has 0 aliphatic carbocycles. The summed E-state index contributed by atoms with van der Waals surface area (Å²) in [4.78, 5) is 16.7. The number of nitrogens with zero attached hydrogens (tertiary/aromatic N) is 2. The lowest BCUT2D eigenvalue weighted by atomic mass is 10.3. The lowest BCUT2D eigenvalue weighted by Crippen LogP contribution is -2.21. The van der Waals surface area contributed by atoms with Crippen molar-refractivity contribution >= 4 is 44.1 Å². The van der Waals surface area contributed by atoms with Crippen molar-refractivity contribution in [2.45, 2.75) is 12.3 Å². The van der Waals surface area contributed by atoms with E-state index in [4.69, 9.17) is 11.6 Å². The maximum atomic E-state index is 13.2. The second kappa shape index (κ2) is 7.05. The molecular formula is C17H15ClFN3O3S. The molecule has 0 aliphatic rings. The molecule has 0 saturated heterocycles. The molecule has 3 aromatic rings. The van der Waals surface area contributed by atoms with Gasteiger partial charge in [0.15, 0.2) is 9.84 Å². The molecule has 0 radical (unpaired) electrons. The van der Waals surface area contributed by atoms with Crippen LogP contribution >= 0.6 is 11.6 Å². The van der Waals surface area contributed by atoms with E-state index in [2.05, 4.69) is 10.3 Å². The Morgan fingerprint density at radius 3 is 2.69 bits per heavy atom. The van der Waals surface area contributed by atoms with Gasteiger partial charge in [-0.15, -0.1) is 0 Å². The van der Waals surface area contributed by atoms with Crippen LogP contribution in [-0.4, -0.2) is 30.1 Å². The number of imidazole rings is 1. The first-order valence-electron chi connectivity index (χ1n) is 7.60. The second-order valence-corrected chi connectivity index (χ2v) is 8.40. The molecule has 0 atom stereocenters. The largest absolute Gasteiger partial charge is 0.324 e. The van der Waals surface area contributed by atoms with Crippen molar-refractivity contribution in [1.29, 1.82) is 0 Å². The van der Waals surface area contributed by atoms with Crippen molar-refractivity contribution < 1.29 is 17.6 Å². The highest BCUT2D eigenvalue weighted by Gasteiger charge is 2.17. The van der Waals surface area contributed by atoms with E-state index in [1.54, 1.807) is 28.8 Å². The summed E-state index contributed by atoms with van der Waals surface area (Å²) in [5.41, 5.74) is 1.60. The normalized spacial score (nSPS) is 11.7. The summed E-state index contributed by atoms with van der Waals surface area (Å²) in [6.07, 6.45) is 1.11. The molecule has 0 unspecified atom stereocenters. The van der Waals surface area contributed by atoms with Crippen LogP contribution in [0.2, 0.25) is 5.02 Å². The lowest BCUT2D eigenvalue weighted by Gasteiger charge is -2.10. The molecule has 1 amide bonds. The Kier molecular flexibility index (Phi) is 4.97. The lowest BCUT2D eigenvalue weighted by molar-refractivity contribution is -0.116. The predicted molar refractivity (Wildman–Crippen MR) is 98.3 cm³/mol. The van der Waals surface area contributed by atoms with Crippen LogP contribution in [0.15, 0.2) is 42.5 Å². The van der Waals surface area contributed by atoms with E-state index in [-0.39, 0.29) is 23.1 Å². The molecule has 0 spiro atoms. The van der Waals surface area contributed by atoms with Gasteiger partial charge in [0.05, 0.1) is 16.1 Å². The molecule has 9 heteroatoms. The fourth-order valence-electron chi connectivity index (χ4n) is 2.56. The van der Waals surface area contributed by atoms with Gasteiger partial charge in [0.2, 0.25) is 5.91 Å². The van der Waals surface area contributed by atoms with Crippen LogP contribution in [0.5, 0.6) is 0 Å². The quantitative estimate of drug-likeness (QED) is 0.720. The maximum Gasteiger partial charge on any atom is 0.244 e. The Bertz CT molecular complexity index is 1100. The van der Waals surface area contributed by atoms with Crippen LogP contribution in [0, 0.1) is 5.82 Å². The van der Waals surface area contributed by atoms with Crippen LogP contribution in [0.25, 0.3) is 11.0 Å². The van der Waals surface area contributed by atoms with E-state index in [0.717, 1.165) is 12.3 Å². The maximum absolute atomic E-state index is 13.2. The van der Waals surface area contributed by atoms with Crippen molar-refractivity contribution in [3.8, 4) is 0 Å². The van der Waals surface area contributed by atoms with E-state index in [1.807, 2.05) is 0 Å². The molecule has 0 saturated carbocycles. The number of sulfone groups is 1. The highest BCUT2D eigenvalue weighted by atomic mass is 35.5. The Morgan fingerprint density at radius 2 is 2.00 bits per heavy atom. The molecule has 6 nitrogen and oxygen atoms in total. The Hall–Kier alpha value is -2.45. The molecule has 136 valence electrons. The number of anilines is 1. The third-order valence-electron chi connectivity index (χ3n) is 3.63. The first-order valence-corrected chi connectivity index (χ1v) is 10.0. The predicted octanol–water partition coefficient (Wildman–Crippen LogP) is 3.01. The topological polar surface area (TPSA) is 81.1 Å². The molecule has 3 rings (SSSR count). The van der Waals surface area contributed by atoms with Crippen molar-refractivity contribution in [2.24, 2.45) is 0 Å². The first-order chi connectivity index (χ1) is 12.2. The molecule has 1 N–H and O–H groups in total. The second-order valence-electron chi connectivity index (χ2n) is 5.85. The fraction of sp³-hybridized carbons (Fsp3) is 0.176. The molecule has 0 aliphatic heterocycles. The highest BCUT2D eigenvalue weighted by molar-refractivity contribution is 7.89. The minimum Gasteiger partial charge on any atom is -0.324 e. The first kappa shape index (κ1) is 18.3. The number of carbonyl (C=O) groups excluding carboxylic acids is 1. The van der Waals surface area contributed by atoms with Gasteiger partial charge < -0.3 is 9.88 Å². The molecule has 1 heterocycles. The van der Waals surface area contributed by atoms with Gasteiger partial charge in [-0.25, -0.2) is 17.8 Å². The van der Waals surface area contributed by atoms with Crippen molar-refractivity contribution in [1.82, 2.24) is 9.55 Å². The molecule has 1 aromatic heterocycles. The molecule has 2 aromatic carbocycles. The van der Waals surface area contributed by atoms with Gasteiger partial charge in [-0.3, -0.25) is 4.79 Å². The Morgan fingerprint density at radius 1 is 1.27 bits per heavy atom. The van der Waals surface area contributed by atoms with E-state index in [0.29, 0.717) is 16.7 Å². The highest BCUT2D eigenvalue weighted by Crippen LogP contribution is 2.21. The number of benzene rings is 2. The zero-order chi connectivity index (χ0) is 18.9. The SMILES string of the molecule is CS(=O)(=O)Cc1nc2ccccc2n1CC(=O)Nc1ccc(F)c(Cl)c1. The molecule has 26 heavy (non-hydrogen) atoms. The smallest absolute Gasteiger partial charge is 0.244 e. The zero-order valence-electron chi connectivity index (χ0n) is 13.7. The summed E-state index contributed by atoms with van der Waals surface area (Å²) in [6, 6.07) is 10.9. The number of fused-ring (bicyclic) bond motifs is 1. The number of carbonyl (C=O) groups is 1. The standard InChI is InChI=1S/C17H15ClFN3O3S/c1-26(24,25)10-16-21-14-4-2-3-5-15(14)22(16)9-17(23)20-11-6-7-13(19)12(18)8-11/h2-8H,9-10H2,1H3,(H,20,23). The Balaban J connectivity index is 1.90. The average Bonchev–Trinajstić information content (AvgIpc) is 2.86. The van der Waals surface area contributed by atoms with Crippen LogP contribution in [0.3, 0.4) is 0 Å². The summed E-state index contributed by atoms with van der Waals surface area (Å²) in [6.45, 7) is -0.139.